The molecule has 5 aromatic rings. The zero-order valence-corrected chi connectivity index (χ0v) is 25.9. The van der Waals surface area contributed by atoms with Gasteiger partial charge in [0.2, 0.25) is 0 Å². The van der Waals surface area contributed by atoms with Gasteiger partial charge in [0.15, 0.2) is 0 Å². The average molecular weight is 569 g/mol. The van der Waals surface area contributed by atoms with Crippen LogP contribution in [0.2, 0.25) is 0 Å². The van der Waals surface area contributed by atoms with Gasteiger partial charge in [0, 0.05) is 38.8 Å². The monoisotopic (exact) mass is 568 g/mol. The fraction of sp³-hybridized carbons (Fsp3) is 0.238. The lowest BCUT2D eigenvalue weighted by Gasteiger charge is -2.30. The van der Waals surface area contributed by atoms with E-state index in [0.717, 1.165) is 58.0 Å². The van der Waals surface area contributed by atoms with Gasteiger partial charge in [-0.25, -0.2) is 9.97 Å². The van der Waals surface area contributed by atoms with Crippen molar-refractivity contribution in [1.29, 1.82) is 0 Å². The van der Waals surface area contributed by atoms with Gasteiger partial charge in [0.1, 0.15) is 0 Å². The summed E-state index contributed by atoms with van der Waals surface area (Å²) < 4.78 is 0. The number of nitrogens with zero attached hydrogens (tertiary/aromatic N) is 2. The minimum atomic E-state index is -0.0380. The molecule has 0 aliphatic heterocycles. The SMILES string of the molecule is CC1(C)C2=C(CCC=C2)C2=C1CC(c1ccc3ccc4ccc(-c5ccc6c(c5)C(C)(C)c5ccccc5-6)nc4c3n1)C=C2. The Labute approximate surface area is 259 Å². The van der Waals surface area contributed by atoms with Gasteiger partial charge in [-0.15, -0.1) is 0 Å². The minimum absolute atomic E-state index is 0.0380. The maximum Gasteiger partial charge on any atom is 0.0972 e. The first-order valence-electron chi connectivity index (χ1n) is 16.1. The highest BCUT2D eigenvalue weighted by Crippen LogP contribution is 2.55. The molecule has 9 rings (SSSR count). The number of fused-ring (bicyclic) bond motifs is 7. The van der Waals surface area contributed by atoms with Crippen LogP contribution >= 0.6 is 0 Å². The number of hydrogen-bond acceptors (Lipinski definition) is 2. The van der Waals surface area contributed by atoms with E-state index >= 15 is 0 Å². The van der Waals surface area contributed by atoms with Gasteiger partial charge < -0.3 is 0 Å². The van der Waals surface area contributed by atoms with Crippen LogP contribution in [0.25, 0.3) is 44.2 Å². The van der Waals surface area contributed by atoms with E-state index in [1.54, 1.807) is 11.1 Å². The first-order valence-corrected chi connectivity index (χ1v) is 16.1. The van der Waals surface area contributed by atoms with E-state index in [1.165, 1.54) is 33.4 Å². The van der Waals surface area contributed by atoms with Gasteiger partial charge in [-0.05, 0) is 76.4 Å². The van der Waals surface area contributed by atoms with Crippen molar-refractivity contribution in [3.8, 4) is 22.4 Å². The zero-order valence-electron chi connectivity index (χ0n) is 25.9. The molecule has 0 fully saturated rings. The van der Waals surface area contributed by atoms with Crippen LogP contribution in [0.5, 0.6) is 0 Å². The summed E-state index contributed by atoms with van der Waals surface area (Å²) >= 11 is 0. The summed E-state index contributed by atoms with van der Waals surface area (Å²) in [6, 6.07) is 28.9. The molecule has 44 heavy (non-hydrogen) atoms. The summed E-state index contributed by atoms with van der Waals surface area (Å²) in [5, 5.41) is 2.27. The van der Waals surface area contributed by atoms with E-state index in [-0.39, 0.29) is 16.7 Å². The summed E-state index contributed by atoms with van der Waals surface area (Å²) in [6.07, 6.45) is 12.8. The van der Waals surface area contributed by atoms with Crippen molar-refractivity contribution >= 4 is 21.8 Å². The van der Waals surface area contributed by atoms with Crippen LogP contribution in [-0.2, 0) is 5.41 Å². The lowest BCUT2D eigenvalue weighted by atomic mass is 9.74. The van der Waals surface area contributed by atoms with Gasteiger partial charge in [0.25, 0.3) is 0 Å². The molecule has 2 aromatic heterocycles. The molecule has 0 bridgehead atoms. The Hall–Kier alpha value is -4.56. The predicted octanol–water partition coefficient (Wildman–Crippen LogP) is 10.8. The standard InChI is InChI=1S/C42H36N2/c1-41(2)33-11-7-5-9-29(33)31-19-15-27(23-35(31)41)37-21-17-25-13-14-26-18-22-38(44-40(26)39(25)43-37)28-16-20-32-30-10-6-8-12-34(30)42(3,4)36(32)24-28/h5,7-9,11-23,28H,6,10,24H2,1-4H3. The van der Waals surface area contributed by atoms with Crippen molar-refractivity contribution in [2.24, 2.45) is 5.41 Å². The van der Waals surface area contributed by atoms with Crippen LogP contribution in [0.1, 0.15) is 69.7 Å². The maximum absolute atomic E-state index is 5.36. The first kappa shape index (κ1) is 25.9. The Balaban J connectivity index is 1.11. The van der Waals surface area contributed by atoms with Crippen molar-refractivity contribution in [1.82, 2.24) is 9.97 Å². The molecule has 4 aliphatic rings. The quantitative estimate of drug-likeness (QED) is 0.198. The van der Waals surface area contributed by atoms with Crippen LogP contribution in [-0.4, -0.2) is 9.97 Å². The number of allylic oxidation sites excluding steroid dienone is 8. The van der Waals surface area contributed by atoms with Crippen LogP contribution in [0.15, 0.2) is 125 Å². The molecule has 2 heterocycles. The van der Waals surface area contributed by atoms with E-state index in [9.17, 15) is 0 Å². The maximum atomic E-state index is 5.36. The molecule has 0 radical (unpaired) electrons. The van der Waals surface area contributed by atoms with E-state index in [2.05, 4.69) is 131 Å². The van der Waals surface area contributed by atoms with Gasteiger partial charge in [-0.1, -0.05) is 118 Å². The molecule has 0 saturated heterocycles. The van der Waals surface area contributed by atoms with Crippen LogP contribution in [0.3, 0.4) is 0 Å². The Morgan fingerprint density at radius 3 is 2.32 bits per heavy atom. The molecular formula is C42H36N2. The molecule has 0 spiro atoms. The second-order valence-electron chi connectivity index (χ2n) is 14.1. The topological polar surface area (TPSA) is 25.8 Å². The number of benzene rings is 3. The molecule has 0 saturated carbocycles. The van der Waals surface area contributed by atoms with Crippen LogP contribution in [0.4, 0.5) is 0 Å². The Morgan fingerprint density at radius 1 is 0.705 bits per heavy atom. The van der Waals surface area contributed by atoms with E-state index in [0.29, 0.717) is 0 Å². The van der Waals surface area contributed by atoms with E-state index < -0.39 is 0 Å². The summed E-state index contributed by atoms with van der Waals surface area (Å²) in [7, 11) is 0. The summed E-state index contributed by atoms with van der Waals surface area (Å²) in [5.74, 6) is 0.266. The zero-order chi connectivity index (χ0) is 29.8. The summed E-state index contributed by atoms with van der Waals surface area (Å²) in [5.41, 5.74) is 16.9. The Bertz CT molecular complexity index is 2200. The van der Waals surface area contributed by atoms with Crippen molar-refractivity contribution in [3.05, 3.63) is 142 Å². The van der Waals surface area contributed by atoms with Gasteiger partial charge in [-0.3, -0.25) is 0 Å². The number of pyridine rings is 2. The molecule has 4 aliphatic carbocycles. The third-order valence-electron chi connectivity index (χ3n) is 11.0. The molecule has 1 atom stereocenters. The Morgan fingerprint density at radius 2 is 1.45 bits per heavy atom. The molecule has 2 heteroatoms. The summed E-state index contributed by atoms with van der Waals surface area (Å²) in [6.45, 7) is 9.48. The van der Waals surface area contributed by atoms with Crippen molar-refractivity contribution in [2.75, 3.05) is 0 Å². The van der Waals surface area contributed by atoms with E-state index in [4.69, 9.17) is 9.97 Å². The highest BCUT2D eigenvalue weighted by atomic mass is 14.8. The number of rotatable bonds is 2. The highest BCUT2D eigenvalue weighted by molar-refractivity contribution is 6.03. The van der Waals surface area contributed by atoms with Crippen molar-refractivity contribution < 1.29 is 0 Å². The van der Waals surface area contributed by atoms with Gasteiger partial charge in [0.05, 0.1) is 16.7 Å². The van der Waals surface area contributed by atoms with Crippen LogP contribution in [0, 0.1) is 5.41 Å². The molecule has 214 valence electrons. The molecule has 0 amide bonds. The lowest BCUT2D eigenvalue weighted by Crippen LogP contribution is -2.18. The third-order valence-corrected chi connectivity index (χ3v) is 11.0. The normalized spacial score (nSPS) is 20.7. The molecule has 2 nitrogen and oxygen atoms in total. The number of aromatic nitrogens is 2. The highest BCUT2D eigenvalue weighted by Gasteiger charge is 2.40. The Kier molecular flexibility index (Phi) is 5.29. The fourth-order valence-electron chi connectivity index (χ4n) is 8.49. The van der Waals surface area contributed by atoms with Gasteiger partial charge >= 0.3 is 0 Å². The second-order valence-corrected chi connectivity index (χ2v) is 14.1. The molecule has 1 unspecified atom stereocenters. The lowest BCUT2D eigenvalue weighted by molar-refractivity contribution is 0.520. The molecular weight excluding hydrogens is 532 g/mol. The fourth-order valence-corrected chi connectivity index (χ4v) is 8.49. The van der Waals surface area contributed by atoms with Crippen molar-refractivity contribution in [2.45, 2.75) is 58.3 Å². The third kappa shape index (κ3) is 3.54. The smallest absolute Gasteiger partial charge is 0.0972 e. The van der Waals surface area contributed by atoms with E-state index in [1.807, 2.05) is 0 Å². The largest absolute Gasteiger partial charge is 0.250 e. The van der Waals surface area contributed by atoms with Crippen molar-refractivity contribution in [3.63, 3.8) is 0 Å². The van der Waals surface area contributed by atoms with Gasteiger partial charge in [-0.2, -0.15) is 0 Å². The first-order chi connectivity index (χ1) is 21.3. The average Bonchev–Trinajstić information content (AvgIpc) is 3.43. The van der Waals surface area contributed by atoms with Crippen LogP contribution < -0.4 is 0 Å². The minimum Gasteiger partial charge on any atom is -0.250 e. The number of hydrogen-bond donors (Lipinski definition) is 0. The summed E-state index contributed by atoms with van der Waals surface area (Å²) in [4.78, 5) is 10.7. The predicted molar refractivity (Wildman–Crippen MR) is 183 cm³/mol. The second kappa shape index (κ2) is 8.99. The molecule has 0 N–H and O–H groups in total. The molecule has 3 aromatic carbocycles.